The number of hydrogen-bond donors (Lipinski definition) is 4. The fourth-order valence-electron chi connectivity index (χ4n) is 3.98. The number of rotatable bonds is 6. The molecule has 0 bridgehead atoms. The van der Waals surface area contributed by atoms with Crippen molar-refractivity contribution in [2.24, 2.45) is 7.05 Å². The minimum atomic E-state index is -0.420. The van der Waals surface area contributed by atoms with E-state index < -0.39 is 11.9 Å². The summed E-state index contributed by atoms with van der Waals surface area (Å²) in [6.07, 6.45) is 2.72. The Morgan fingerprint density at radius 2 is 1.87 bits per heavy atom. The maximum absolute atomic E-state index is 13.1. The second kappa shape index (κ2) is 9.50. The lowest BCUT2D eigenvalue weighted by Gasteiger charge is -2.34. The Morgan fingerprint density at radius 1 is 1.11 bits per heavy atom. The molecule has 0 radical (unpaired) electrons. The second-order valence-corrected chi connectivity index (χ2v) is 8.38. The van der Waals surface area contributed by atoms with E-state index in [1.807, 2.05) is 0 Å². The topological polar surface area (TPSA) is 175 Å². The Balaban J connectivity index is 1.46. The number of aryl methyl sites for hydroxylation is 1. The third-order valence-electron chi connectivity index (χ3n) is 5.79. The largest absolute Gasteiger partial charge is 0.508 e. The molecule has 192 valence electrons. The van der Waals surface area contributed by atoms with Gasteiger partial charge in [-0.05, 0) is 34.7 Å². The first-order chi connectivity index (χ1) is 18.2. The lowest BCUT2D eigenvalue weighted by atomic mass is 10.1. The number of aromatic hydroxyl groups is 2. The quantitative estimate of drug-likeness (QED) is 0.280. The summed E-state index contributed by atoms with van der Waals surface area (Å²) in [6, 6.07) is 8.73. The standard InChI is InChI=1S/C24H22N10O4/c1-4-20(37)26-19-7-13(22-29-30-31-33(22)3)5-6-18(19)27-23-25-11-14-12-34(24(38)32(2)21(14)28-23)15-8-16(35)10-17(36)9-15/h4-11,35-36H,1,12H2,2-3H3,(H,26,37)(H,25,27,28). The summed E-state index contributed by atoms with van der Waals surface area (Å²) in [6.45, 7) is 3.62. The van der Waals surface area contributed by atoms with Gasteiger partial charge < -0.3 is 20.8 Å². The summed E-state index contributed by atoms with van der Waals surface area (Å²) in [7, 11) is 3.26. The van der Waals surface area contributed by atoms with Crippen molar-refractivity contribution in [3.63, 3.8) is 0 Å². The van der Waals surface area contributed by atoms with E-state index in [0.29, 0.717) is 39.8 Å². The number of nitrogens with zero attached hydrogens (tertiary/aromatic N) is 8. The average molecular weight is 515 g/mol. The van der Waals surface area contributed by atoms with E-state index in [9.17, 15) is 19.8 Å². The van der Waals surface area contributed by atoms with Gasteiger partial charge in [-0.25, -0.2) is 14.5 Å². The Kier molecular flexibility index (Phi) is 6.04. The molecule has 0 saturated heterocycles. The van der Waals surface area contributed by atoms with Crippen LogP contribution in [0.2, 0.25) is 0 Å². The van der Waals surface area contributed by atoms with Crippen molar-refractivity contribution in [2.75, 3.05) is 27.5 Å². The summed E-state index contributed by atoms with van der Waals surface area (Å²) >= 11 is 0. The summed E-state index contributed by atoms with van der Waals surface area (Å²) in [5, 5.41) is 37.0. The van der Waals surface area contributed by atoms with Crippen molar-refractivity contribution in [3.8, 4) is 22.9 Å². The van der Waals surface area contributed by atoms with Gasteiger partial charge in [0.25, 0.3) is 0 Å². The number of aromatic nitrogens is 6. The molecule has 0 fully saturated rings. The average Bonchev–Trinajstić information content (AvgIpc) is 3.32. The van der Waals surface area contributed by atoms with Crippen LogP contribution < -0.4 is 20.4 Å². The van der Waals surface area contributed by atoms with Crippen molar-refractivity contribution < 1.29 is 19.8 Å². The van der Waals surface area contributed by atoms with Crippen molar-refractivity contribution in [2.45, 2.75) is 6.54 Å². The molecule has 1 aliphatic heterocycles. The number of benzene rings is 2. The van der Waals surface area contributed by atoms with Crippen LogP contribution in [0.1, 0.15) is 5.56 Å². The molecule has 0 aliphatic carbocycles. The lowest BCUT2D eigenvalue weighted by molar-refractivity contribution is -0.111. The third kappa shape index (κ3) is 4.53. The SMILES string of the molecule is C=CC(=O)Nc1cc(-c2nnnn2C)ccc1Nc1ncc2c(n1)N(C)C(=O)N(c1cc(O)cc(O)c1)C2. The molecule has 0 atom stereocenters. The normalized spacial score (nSPS) is 12.7. The Bertz CT molecular complexity index is 1560. The van der Waals surface area contributed by atoms with Crippen LogP contribution in [0.4, 0.5) is 33.6 Å². The highest BCUT2D eigenvalue weighted by molar-refractivity contribution is 6.05. The van der Waals surface area contributed by atoms with E-state index in [0.717, 1.165) is 6.08 Å². The lowest BCUT2D eigenvalue weighted by Crippen LogP contribution is -2.45. The Labute approximate surface area is 215 Å². The van der Waals surface area contributed by atoms with Crippen LogP contribution >= 0.6 is 0 Å². The van der Waals surface area contributed by atoms with Crippen LogP contribution in [0.15, 0.2) is 55.3 Å². The number of anilines is 5. The predicted octanol–water partition coefficient (Wildman–Crippen LogP) is 2.52. The number of nitrogens with one attached hydrogen (secondary N) is 2. The molecule has 5 rings (SSSR count). The maximum atomic E-state index is 13.1. The van der Waals surface area contributed by atoms with E-state index in [4.69, 9.17) is 0 Å². The molecule has 4 aromatic rings. The van der Waals surface area contributed by atoms with Gasteiger partial charge in [-0.15, -0.1) is 5.10 Å². The second-order valence-electron chi connectivity index (χ2n) is 8.38. The van der Waals surface area contributed by atoms with Crippen LogP contribution in [0.3, 0.4) is 0 Å². The van der Waals surface area contributed by atoms with E-state index in [1.54, 1.807) is 38.5 Å². The van der Waals surface area contributed by atoms with Crippen LogP contribution in [-0.4, -0.2) is 59.4 Å². The molecular weight excluding hydrogens is 492 g/mol. The van der Waals surface area contributed by atoms with Crippen LogP contribution in [0.25, 0.3) is 11.4 Å². The number of tetrazole rings is 1. The number of fused-ring (bicyclic) bond motifs is 1. The summed E-state index contributed by atoms with van der Waals surface area (Å²) in [5.41, 5.74) is 2.53. The van der Waals surface area contributed by atoms with Gasteiger partial charge in [0.1, 0.15) is 17.3 Å². The minimum absolute atomic E-state index is 0.128. The molecule has 2 aromatic carbocycles. The minimum Gasteiger partial charge on any atom is -0.508 e. The zero-order chi connectivity index (χ0) is 27.0. The van der Waals surface area contributed by atoms with Gasteiger partial charge in [0.05, 0.1) is 23.6 Å². The molecule has 38 heavy (non-hydrogen) atoms. The van der Waals surface area contributed by atoms with Crippen LogP contribution in [-0.2, 0) is 18.4 Å². The van der Waals surface area contributed by atoms with Crippen molar-refractivity contribution >= 4 is 40.8 Å². The van der Waals surface area contributed by atoms with Gasteiger partial charge >= 0.3 is 6.03 Å². The number of carbonyl (C=O) groups is 2. The molecule has 0 unspecified atom stereocenters. The van der Waals surface area contributed by atoms with Crippen molar-refractivity contribution in [1.82, 2.24) is 30.2 Å². The molecule has 2 aromatic heterocycles. The first-order valence-electron chi connectivity index (χ1n) is 11.2. The third-order valence-corrected chi connectivity index (χ3v) is 5.79. The first kappa shape index (κ1) is 24.2. The molecule has 14 nitrogen and oxygen atoms in total. The van der Waals surface area contributed by atoms with Gasteiger partial charge in [0.2, 0.25) is 11.9 Å². The van der Waals surface area contributed by atoms with Crippen molar-refractivity contribution in [3.05, 3.63) is 60.8 Å². The maximum Gasteiger partial charge on any atom is 0.330 e. The first-order valence-corrected chi connectivity index (χ1v) is 11.2. The van der Waals surface area contributed by atoms with E-state index in [1.165, 1.54) is 32.7 Å². The fourth-order valence-corrected chi connectivity index (χ4v) is 3.98. The summed E-state index contributed by atoms with van der Waals surface area (Å²) in [4.78, 5) is 36.8. The van der Waals surface area contributed by atoms with Gasteiger partial charge in [-0.3, -0.25) is 14.6 Å². The molecule has 14 heteroatoms. The Morgan fingerprint density at radius 3 is 2.55 bits per heavy atom. The van der Waals surface area contributed by atoms with Crippen LogP contribution in [0, 0.1) is 0 Å². The number of phenols is 2. The number of phenolic OH excluding ortho intramolecular Hbond substituents is 2. The molecular formula is C24H22N10O4. The zero-order valence-corrected chi connectivity index (χ0v) is 20.3. The molecule has 3 heterocycles. The summed E-state index contributed by atoms with van der Waals surface area (Å²) < 4.78 is 1.50. The smallest absolute Gasteiger partial charge is 0.330 e. The number of hydrogen-bond acceptors (Lipinski definition) is 10. The molecule has 0 spiro atoms. The molecule has 3 amide bonds. The number of amides is 3. The van der Waals surface area contributed by atoms with Gasteiger partial charge in [-0.1, -0.05) is 6.58 Å². The molecule has 4 N–H and O–H groups in total. The van der Waals surface area contributed by atoms with Crippen LogP contribution in [0.5, 0.6) is 11.5 Å². The monoisotopic (exact) mass is 514 g/mol. The van der Waals surface area contributed by atoms with E-state index >= 15 is 0 Å². The van der Waals surface area contributed by atoms with Gasteiger partial charge in [0, 0.05) is 49.6 Å². The predicted molar refractivity (Wildman–Crippen MR) is 138 cm³/mol. The van der Waals surface area contributed by atoms with E-state index in [-0.39, 0.29) is 24.0 Å². The molecule has 0 saturated carbocycles. The summed E-state index contributed by atoms with van der Waals surface area (Å²) in [5.74, 6) is 0.313. The number of carbonyl (C=O) groups excluding carboxylic acids is 2. The van der Waals surface area contributed by atoms with Gasteiger partial charge in [0.15, 0.2) is 5.82 Å². The highest BCUT2D eigenvalue weighted by Gasteiger charge is 2.31. The highest BCUT2D eigenvalue weighted by Crippen LogP contribution is 2.35. The van der Waals surface area contributed by atoms with Crippen molar-refractivity contribution in [1.29, 1.82) is 0 Å². The molecule has 1 aliphatic rings. The van der Waals surface area contributed by atoms with Gasteiger partial charge in [-0.2, -0.15) is 4.98 Å². The van der Waals surface area contributed by atoms with E-state index in [2.05, 4.69) is 42.7 Å². The fraction of sp³-hybridized carbons (Fsp3) is 0.125. The zero-order valence-electron chi connectivity index (χ0n) is 20.3. The number of urea groups is 1. The highest BCUT2D eigenvalue weighted by atomic mass is 16.3. The Hall–Kier alpha value is -5.53.